The summed E-state index contributed by atoms with van der Waals surface area (Å²) in [5.41, 5.74) is -1.13. The van der Waals surface area contributed by atoms with Gasteiger partial charge in [0.2, 0.25) is 0 Å². The fourth-order valence-corrected chi connectivity index (χ4v) is 1.67. The predicted octanol–water partition coefficient (Wildman–Crippen LogP) is 1.40. The van der Waals surface area contributed by atoms with E-state index in [4.69, 9.17) is 5.11 Å². The van der Waals surface area contributed by atoms with Crippen LogP contribution in [-0.2, 0) is 0 Å². The van der Waals surface area contributed by atoms with Gasteiger partial charge in [-0.3, -0.25) is 0 Å². The van der Waals surface area contributed by atoms with Crippen molar-refractivity contribution in [2.24, 2.45) is 0 Å². The van der Waals surface area contributed by atoms with Crippen LogP contribution in [0.25, 0.3) is 0 Å². The zero-order chi connectivity index (χ0) is 15.3. The average Bonchev–Trinajstić information content (AvgIpc) is 2.35. The minimum absolute atomic E-state index is 0.124. The van der Waals surface area contributed by atoms with E-state index in [1.165, 1.54) is 23.2 Å². The number of pyridine rings is 1. The summed E-state index contributed by atoms with van der Waals surface area (Å²) >= 11 is 0. The summed E-state index contributed by atoms with van der Waals surface area (Å²) in [7, 11) is 0. The van der Waals surface area contributed by atoms with E-state index in [9.17, 15) is 14.7 Å². The molecule has 0 aliphatic carbocycles. The number of aromatic carboxylic acids is 1. The molecule has 0 aliphatic rings. The molecule has 1 aromatic heterocycles. The molecule has 2 amide bonds. The molecule has 1 rings (SSSR count). The number of nitrogens with one attached hydrogen (secondary N) is 1. The Hall–Kier alpha value is -2.15. The number of rotatable bonds is 5. The Bertz CT molecular complexity index is 497. The molecule has 0 bridgehead atoms. The highest BCUT2D eigenvalue weighted by atomic mass is 16.4. The lowest BCUT2D eigenvalue weighted by atomic mass is 10.1. The van der Waals surface area contributed by atoms with Crippen LogP contribution in [-0.4, -0.2) is 50.8 Å². The van der Waals surface area contributed by atoms with Crippen molar-refractivity contribution in [3.05, 3.63) is 24.0 Å². The van der Waals surface area contributed by atoms with Crippen LogP contribution in [0.2, 0.25) is 0 Å². The second kappa shape index (κ2) is 6.33. The lowest BCUT2D eigenvalue weighted by Crippen LogP contribution is -2.44. The Balaban J connectivity index is 2.87. The van der Waals surface area contributed by atoms with Crippen molar-refractivity contribution in [3.8, 4) is 0 Å². The first-order chi connectivity index (χ1) is 9.24. The van der Waals surface area contributed by atoms with E-state index < -0.39 is 17.6 Å². The van der Waals surface area contributed by atoms with Gasteiger partial charge >= 0.3 is 12.0 Å². The molecule has 0 saturated carbocycles. The van der Waals surface area contributed by atoms with Crippen LogP contribution in [0.5, 0.6) is 0 Å². The number of aliphatic hydroxyl groups is 1. The Morgan fingerprint density at radius 2 is 2.10 bits per heavy atom. The van der Waals surface area contributed by atoms with E-state index in [1.54, 1.807) is 20.8 Å². The first-order valence-corrected chi connectivity index (χ1v) is 6.21. The van der Waals surface area contributed by atoms with E-state index >= 15 is 0 Å². The number of hydrogen-bond donors (Lipinski definition) is 3. The Labute approximate surface area is 117 Å². The maximum absolute atomic E-state index is 12.1. The molecule has 0 unspecified atom stereocenters. The van der Waals surface area contributed by atoms with E-state index in [-0.39, 0.29) is 17.9 Å². The zero-order valence-electron chi connectivity index (χ0n) is 11.8. The van der Waals surface area contributed by atoms with Crippen molar-refractivity contribution < 1.29 is 19.8 Å². The van der Waals surface area contributed by atoms with Gasteiger partial charge in [-0.2, -0.15) is 0 Å². The average molecular weight is 281 g/mol. The highest BCUT2D eigenvalue weighted by Crippen LogP contribution is 2.14. The molecule has 1 heterocycles. The summed E-state index contributed by atoms with van der Waals surface area (Å²) in [6.45, 7) is 5.48. The van der Waals surface area contributed by atoms with Crippen molar-refractivity contribution in [3.63, 3.8) is 0 Å². The van der Waals surface area contributed by atoms with Gasteiger partial charge in [0.05, 0.1) is 17.8 Å². The third-order valence-electron chi connectivity index (χ3n) is 2.50. The van der Waals surface area contributed by atoms with E-state index in [2.05, 4.69) is 10.3 Å². The second-order valence-corrected chi connectivity index (χ2v) is 4.96. The van der Waals surface area contributed by atoms with Crippen molar-refractivity contribution in [1.82, 2.24) is 9.88 Å². The smallest absolute Gasteiger partial charge is 0.356 e. The van der Waals surface area contributed by atoms with Gasteiger partial charge < -0.3 is 20.4 Å². The van der Waals surface area contributed by atoms with Crippen molar-refractivity contribution >= 4 is 17.7 Å². The van der Waals surface area contributed by atoms with Gasteiger partial charge in [-0.25, -0.2) is 14.6 Å². The highest BCUT2D eigenvalue weighted by Gasteiger charge is 2.22. The lowest BCUT2D eigenvalue weighted by molar-refractivity contribution is 0.0500. The van der Waals surface area contributed by atoms with Crippen LogP contribution in [0.4, 0.5) is 10.5 Å². The first kappa shape index (κ1) is 15.9. The number of carboxylic acids is 1. The monoisotopic (exact) mass is 281 g/mol. The molecule has 20 heavy (non-hydrogen) atoms. The van der Waals surface area contributed by atoms with Gasteiger partial charge in [0, 0.05) is 12.7 Å². The summed E-state index contributed by atoms with van der Waals surface area (Å²) in [6, 6.07) is 2.52. The SMILES string of the molecule is CCN(CC(C)(C)O)C(=O)Nc1cccnc1C(=O)O. The quantitative estimate of drug-likeness (QED) is 0.757. The fraction of sp³-hybridized carbons (Fsp3) is 0.462. The molecule has 0 spiro atoms. The van der Waals surface area contributed by atoms with Gasteiger partial charge in [0.1, 0.15) is 0 Å². The molecule has 0 atom stereocenters. The van der Waals surface area contributed by atoms with Gasteiger partial charge in [-0.05, 0) is 32.9 Å². The maximum Gasteiger partial charge on any atom is 0.356 e. The molecular formula is C13H19N3O4. The number of anilines is 1. The van der Waals surface area contributed by atoms with E-state index in [0.29, 0.717) is 6.54 Å². The van der Waals surface area contributed by atoms with Crippen LogP contribution in [0, 0.1) is 0 Å². The summed E-state index contributed by atoms with van der Waals surface area (Å²) < 4.78 is 0. The molecule has 0 aliphatic heterocycles. The second-order valence-electron chi connectivity index (χ2n) is 4.96. The minimum Gasteiger partial charge on any atom is -0.476 e. The molecule has 0 fully saturated rings. The number of carboxylic acid groups (broad SMARTS) is 1. The Morgan fingerprint density at radius 3 is 2.60 bits per heavy atom. The molecule has 0 radical (unpaired) electrons. The van der Waals surface area contributed by atoms with Gasteiger partial charge in [0.25, 0.3) is 0 Å². The lowest BCUT2D eigenvalue weighted by Gasteiger charge is -2.28. The molecule has 7 nitrogen and oxygen atoms in total. The topological polar surface area (TPSA) is 103 Å². The summed E-state index contributed by atoms with van der Waals surface area (Å²) in [4.78, 5) is 28.2. The predicted molar refractivity (Wildman–Crippen MR) is 73.8 cm³/mol. The van der Waals surface area contributed by atoms with Crippen LogP contribution < -0.4 is 5.32 Å². The van der Waals surface area contributed by atoms with Crippen molar-refractivity contribution in [1.29, 1.82) is 0 Å². The summed E-state index contributed by atoms with van der Waals surface area (Å²) in [6.07, 6.45) is 1.34. The first-order valence-electron chi connectivity index (χ1n) is 6.21. The number of amides is 2. The van der Waals surface area contributed by atoms with Crippen LogP contribution >= 0.6 is 0 Å². The third kappa shape index (κ3) is 4.51. The zero-order valence-corrected chi connectivity index (χ0v) is 11.8. The van der Waals surface area contributed by atoms with Crippen LogP contribution in [0.1, 0.15) is 31.3 Å². The van der Waals surface area contributed by atoms with Crippen molar-refractivity contribution in [2.75, 3.05) is 18.4 Å². The largest absolute Gasteiger partial charge is 0.476 e. The third-order valence-corrected chi connectivity index (χ3v) is 2.50. The van der Waals surface area contributed by atoms with Crippen LogP contribution in [0.15, 0.2) is 18.3 Å². The van der Waals surface area contributed by atoms with Gasteiger partial charge in [0.15, 0.2) is 5.69 Å². The Morgan fingerprint density at radius 1 is 1.45 bits per heavy atom. The normalized spacial score (nSPS) is 11.0. The number of carbonyl (C=O) groups is 2. The minimum atomic E-state index is -1.22. The number of hydrogen-bond acceptors (Lipinski definition) is 4. The number of urea groups is 1. The highest BCUT2D eigenvalue weighted by molar-refractivity contribution is 5.98. The molecule has 0 saturated heterocycles. The molecule has 1 aromatic rings. The molecular weight excluding hydrogens is 262 g/mol. The summed E-state index contributed by atoms with van der Waals surface area (Å²) in [5.74, 6) is -1.22. The molecule has 110 valence electrons. The van der Waals surface area contributed by atoms with E-state index in [0.717, 1.165) is 0 Å². The molecule has 7 heteroatoms. The number of likely N-dealkylation sites (N-methyl/N-ethyl adjacent to an activating group) is 1. The van der Waals surface area contributed by atoms with Crippen molar-refractivity contribution in [2.45, 2.75) is 26.4 Å². The van der Waals surface area contributed by atoms with Crippen LogP contribution in [0.3, 0.4) is 0 Å². The van der Waals surface area contributed by atoms with E-state index in [1.807, 2.05) is 0 Å². The molecule has 3 N–H and O–H groups in total. The maximum atomic E-state index is 12.1. The summed E-state index contributed by atoms with van der Waals surface area (Å²) in [5, 5.41) is 21.2. The number of aromatic nitrogens is 1. The van der Waals surface area contributed by atoms with Gasteiger partial charge in [-0.15, -0.1) is 0 Å². The number of carbonyl (C=O) groups excluding carboxylic acids is 1. The standard InChI is InChI=1S/C13H19N3O4/c1-4-16(8-13(2,3)20)12(19)15-9-6-5-7-14-10(9)11(17)18/h5-7,20H,4,8H2,1-3H3,(H,15,19)(H,17,18). The Kier molecular flexibility index (Phi) is 5.04. The number of nitrogens with zero attached hydrogens (tertiary/aromatic N) is 2. The fourth-order valence-electron chi connectivity index (χ4n) is 1.67. The van der Waals surface area contributed by atoms with Gasteiger partial charge in [-0.1, -0.05) is 0 Å². The molecule has 0 aromatic carbocycles.